The van der Waals surface area contributed by atoms with Crippen molar-refractivity contribution in [3.63, 3.8) is 0 Å². The van der Waals surface area contributed by atoms with Crippen LogP contribution in [0.3, 0.4) is 0 Å². The lowest BCUT2D eigenvalue weighted by Crippen LogP contribution is -2.42. The number of hydrogen-bond acceptors (Lipinski definition) is 7. The Labute approximate surface area is 236 Å². The number of morpholine rings is 1. The third kappa shape index (κ3) is 6.82. The third-order valence-electron chi connectivity index (χ3n) is 8.02. The number of aromatic amines is 1. The van der Waals surface area contributed by atoms with Crippen LogP contribution in [0, 0.1) is 12.8 Å². The molecule has 1 aliphatic heterocycles. The molecule has 2 aromatic heterocycles. The third-order valence-corrected chi connectivity index (χ3v) is 8.02. The van der Waals surface area contributed by atoms with Gasteiger partial charge in [0.05, 0.1) is 30.3 Å². The number of nitrogens with zero attached hydrogens (tertiary/aromatic N) is 3. The van der Waals surface area contributed by atoms with Crippen molar-refractivity contribution in [2.75, 3.05) is 26.7 Å². The van der Waals surface area contributed by atoms with Gasteiger partial charge in [0.25, 0.3) is 5.56 Å². The van der Waals surface area contributed by atoms with Gasteiger partial charge >= 0.3 is 5.97 Å². The fraction of sp³-hybridized carbons (Fsp3) is 0.581. The van der Waals surface area contributed by atoms with E-state index in [1.807, 2.05) is 13.0 Å². The number of carbonyl (C=O) groups excluding carboxylic acids is 1. The van der Waals surface area contributed by atoms with E-state index in [4.69, 9.17) is 14.5 Å². The minimum Gasteiger partial charge on any atom is -0.461 e. The van der Waals surface area contributed by atoms with Crippen LogP contribution in [0.25, 0.3) is 22.4 Å². The molecule has 0 radical (unpaired) electrons. The normalized spacial score (nSPS) is 19.5. The number of fused-ring (bicyclic) bond motifs is 1. The number of carbonyl (C=O) groups is 1. The predicted molar refractivity (Wildman–Crippen MR) is 156 cm³/mol. The minimum absolute atomic E-state index is 0.0442. The van der Waals surface area contributed by atoms with E-state index in [2.05, 4.69) is 58.9 Å². The standard InChI is InChI=1S/C31H43N5O4/c1-20(2)13-27(31(38)40-24-7-5-6-8-24)32-16-22-9-10-28-26(15-22)34-29(23-14-21(3)30(37)33-17-23)36(28)19-25-18-35(4)11-12-39-25/h9-10,14-15,17,20,24-25,27,32H,5-8,11-13,16,18-19H2,1-4H3,(H,33,37)/t25-,27?/m0/s1. The number of H-pyrrole nitrogens is 1. The van der Waals surface area contributed by atoms with Crippen LogP contribution in [0.15, 0.2) is 35.3 Å². The lowest BCUT2D eigenvalue weighted by atomic mass is 10.0. The monoisotopic (exact) mass is 549 g/mol. The maximum atomic E-state index is 13.0. The van der Waals surface area contributed by atoms with E-state index >= 15 is 0 Å². The van der Waals surface area contributed by atoms with Crippen LogP contribution in [0.4, 0.5) is 0 Å². The highest BCUT2D eigenvalue weighted by Crippen LogP contribution is 2.27. The van der Waals surface area contributed by atoms with Gasteiger partial charge in [-0.25, -0.2) is 4.98 Å². The second kappa shape index (κ2) is 12.7. The summed E-state index contributed by atoms with van der Waals surface area (Å²) in [5.41, 5.74) is 4.35. The maximum Gasteiger partial charge on any atom is 0.323 e. The number of esters is 1. The van der Waals surface area contributed by atoms with Gasteiger partial charge in [-0.15, -0.1) is 0 Å². The van der Waals surface area contributed by atoms with Crippen LogP contribution < -0.4 is 10.9 Å². The summed E-state index contributed by atoms with van der Waals surface area (Å²) in [5.74, 6) is 1.03. The topological polar surface area (TPSA) is 101 Å². The van der Waals surface area contributed by atoms with Gasteiger partial charge in [0, 0.05) is 37.0 Å². The number of rotatable bonds is 10. The molecule has 9 nitrogen and oxygen atoms in total. The van der Waals surface area contributed by atoms with Gasteiger partial charge < -0.3 is 29.2 Å². The molecule has 1 aromatic carbocycles. The van der Waals surface area contributed by atoms with Crippen molar-refractivity contribution < 1.29 is 14.3 Å². The molecule has 216 valence electrons. The zero-order chi connectivity index (χ0) is 28.2. The van der Waals surface area contributed by atoms with E-state index in [-0.39, 0.29) is 29.8 Å². The molecule has 9 heteroatoms. The molecular formula is C31H43N5O4. The molecule has 0 spiro atoms. The summed E-state index contributed by atoms with van der Waals surface area (Å²) < 4.78 is 14.1. The van der Waals surface area contributed by atoms with E-state index in [0.29, 0.717) is 31.2 Å². The van der Waals surface area contributed by atoms with Crippen molar-refractivity contribution in [1.29, 1.82) is 0 Å². The maximum absolute atomic E-state index is 13.0. The molecule has 2 atom stereocenters. The molecule has 2 N–H and O–H groups in total. The molecule has 40 heavy (non-hydrogen) atoms. The average molecular weight is 550 g/mol. The number of imidazole rings is 1. The molecule has 2 fully saturated rings. The van der Waals surface area contributed by atoms with Gasteiger partial charge in [-0.05, 0) is 75.8 Å². The lowest BCUT2D eigenvalue weighted by Gasteiger charge is -2.30. The van der Waals surface area contributed by atoms with Crippen molar-refractivity contribution in [3.05, 3.63) is 51.9 Å². The molecule has 1 saturated heterocycles. The Balaban J connectivity index is 1.40. The van der Waals surface area contributed by atoms with Gasteiger partial charge in [-0.3, -0.25) is 9.59 Å². The Kier molecular flexibility index (Phi) is 9.03. The van der Waals surface area contributed by atoms with E-state index < -0.39 is 0 Å². The second-order valence-electron chi connectivity index (χ2n) is 11.9. The molecule has 3 heterocycles. The number of hydrogen-bond donors (Lipinski definition) is 2. The van der Waals surface area contributed by atoms with Crippen molar-refractivity contribution in [2.45, 2.75) is 84.2 Å². The Bertz CT molecular complexity index is 1370. The summed E-state index contributed by atoms with van der Waals surface area (Å²) in [4.78, 5) is 35.2. The molecule has 3 aromatic rings. The first-order chi connectivity index (χ1) is 19.3. The zero-order valence-corrected chi connectivity index (χ0v) is 24.2. The number of benzene rings is 1. The highest BCUT2D eigenvalue weighted by Gasteiger charge is 2.26. The molecule has 1 unspecified atom stereocenters. The number of aromatic nitrogens is 3. The summed E-state index contributed by atoms with van der Waals surface area (Å²) >= 11 is 0. The van der Waals surface area contributed by atoms with E-state index in [1.165, 1.54) is 0 Å². The molecule has 0 bridgehead atoms. The van der Waals surface area contributed by atoms with Crippen LogP contribution in [-0.2, 0) is 27.4 Å². The number of likely N-dealkylation sites (N-methyl/N-ethyl adjacent to an activating group) is 1. The SMILES string of the molecule is Cc1cc(-c2nc3cc(CNC(CC(C)C)C(=O)OC4CCCC4)ccc3n2C[C@@H]2CN(C)CCO2)c[nH]c1=O. The van der Waals surface area contributed by atoms with Crippen molar-refractivity contribution in [1.82, 2.24) is 24.8 Å². The Morgan fingerprint density at radius 3 is 2.77 bits per heavy atom. The smallest absolute Gasteiger partial charge is 0.323 e. The van der Waals surface area contributed by atoms with Gasteiger partial charge in [-0.2, -0.15) is 0 Å². The molecule has 0 amide bonds. The van der Waals surface area contributed by atoms with Gasteiger partial charge in [0.1, 0.15) is 18.0 Å². The predicted octanol–water partition coefficient (Wildman–Crippen LogP) is 4.02. The quantitative estimate of drug-likeness (QED) is 0.369. The Morgan fingerprint density at radius 1 is 1.25 bits per heavy atom. The van der Waals surface area contributed by atoms with Crippen molar-refractivity contribution >= 4 is 17.0 Å². The highest BCUT2D eigenvalue weighted by molar-refractivity contribution is 5.81. The van der Waals surface area contributed by atoms with Crippen LogP contribution >= 0.6 is 0 Å². The number of aryl methyl sites for hydroxylation is 1. The summed E-state index contributed by atoms with van der Waals surface area (Å²) in [6, 6.07) is 7.83. The molecule has 5 rings (SSSR count). The van der Waals surface area contributed by atoms with E-state index in [9.17, 15) is 9.59 Å². The van der Waals surface area contributed by atoms with Crippen LogP contribution in [0.5, 0.6) is 0 Å². The first kappa shape index (κ1) is 28.5. The van der Waals surface area contributed by atoms with E-state index in [0.717, 1.165) is 73.2 Å². The van der Waals surface area contributed by atoms with E-state index in [1.54, 1.807) is 6.20 Å². The summed E-state index contributed by atoms with van der Waals surface area (Å²) in [6.07, 6.45) is 6.78. The first-order valence-corrected chi connectivity index (χ1v) is 14.7. The molecule has 1 saturated carbocycles. The summed E-state index contributed by atoms with van der Waals surface area (Å²) in [7, 11) is 2.11. The fourth-order valence-electron chi connectivity index (χ4n) is 5.83. The highest BCUT2D eigenvalue weighted by atomic mass is 16.5. The van der Waals surface area contributed by atoms with Gasteiger partial charge in [0.15, 0.2) is 0 Å². The van der Waals surface area contributed by atoms with Crippen LogP contribution in [0.1, 0.15) is 57.1 Å². The summed E-state index contributed by atoms with van der Waals surface area (Å²) in [5, 5.41) is 3.47. The number of ether oxygens (including phenoxy) is 2. The zero-order valence-electron chi connectivity index (χ0n) is 24.2. The largest absolute Gasteiger partial charge is 0.461 e. The minimum atomic E-state index is -0.339. The number of pyridine rings is 1. The first-order valence-electron chi connectivity index (χ1n) is 14.7. The second-order valence-corrected chi connectivity index (χ2v) is 11.9. The van der Waals surface area contributed by atoms with Gasteiger partial charge in [0.2, 0.25) is 0 Å². The molecule has 1 aliphatic carbocycles. The lowest BCUT2D eigenvalue weighted by molar-refractivity contribution is -0.151. The fourth-order valence-corrected chi connectivity index (χ4v) is 5.83. The van der Waals surface area contributed by atoms with Crippen molar-refractivity contribution in [2.24, 2.45) is 5.92 Å². The summed E-state index contributed by atoms with van der Waals surface area (Å²) in [6.45, 7) is 9.75. The average Bonchev–Trinajstić information content (AvgIpc) is 3.55. The Hall–Kier alpha value is -3.01. The van der Waals surface area contributed by atoms with Crippen molar-refractivity contribution in [3.8, 4) is 11.4 Å². The molecular weight excluding hydrogens is 506 g/mol. The van der Waals surface area contributed by atoms with Crippen LogP contribution in [-0.4, -0.2) is 70.4 Å². The Morgan fingerprint density at radius 2 is 2.05 bits per heavy atom. The van der Waals surface area contributed by atoms with Gasteiger partial charge in [-0.1, -0.05) is 19.9 Å². The molecule has 2 aliphatic rings. The van der Waals surface area contributed by atoms with Crippen LogP contribution in [0.2, 0.25) is 0 Å². The number of nitrogens with one attached hydrogen (secondary N) is 2.